The molecule has 2 aromatic carbocycles. The highest BCUT2D eigenvalue weighted by Crippen LogP contribution is 2.22. The van der Waals surface area contributed by atoms with Crippen LogP contribution in [0, 0.1) is 0 Å². The topological polar surface area (TPSA) is 55.1 Å². The highest BCUT2D eigenvalue weighted by Gasteiger charge is 2.14. The van der Waals surface area contributed by atoms with Crippen LogP contribution in [0.4, 0.5) is 5.69 Å². The van der Waals surface area contributed by atoms with Crippen molar-refractivity contribution in [1.82, 2.24) is 5.32 Å². The number of hydrogen-bond acceptors (Lipinski definition) is 2. The van der Waals surface area contributed by atoms with Gasteiger partial charge in [0.15, 0.2) is 0 Å². The first kappa shape index (κ1) is 14.9. The Labute approximate surface area is 131 Å². The summed E-state index contributed by atoms with van der Waals surface area (Å²) in [5, 5.41) is 3.46. The van der Waals surface area contributed by atoms with Gasteiger partial charge in [0.2, 0.25) is 0 Å². The summed E-state index contributed by atoms with van der Waals surface area (Å²) in [6, 6.07) is 12.4. The number of halogens is 2. The second kappa shape index (κ2) is 6.29. The molecule has 0 bridgehead atoms. The molecule has 0 saturated heterocycles. The Hall–Kier alpha value is -1.52. The summed E-state index contributed by atoms with van der Waals surface area (Å²) in [5.41, 5.74) is 7.85. The van der Waals surface area contributed by atoms with Crippen LogP contribution in [0.3, 0.4) is 0 Å². The quantitative estimate of drug-likeness (QED) is 0.813. The van der Waals surface area contributed by atoms with Crippen molar-refractivity contribution in [3.63, 3.8) is 0 Å². The van der Waals surface area contributed by atoms with Crippen molar-refractivity contribution in [3.8, 4) is 0 Å². The predicted molar refractivity (Wildman–Crippen MR) is 85.9 cm³/mol. The van der Waals surface area contributed by atoms with Crippen LogP contribution in [0.15, 0.2) is 46.9 Å². The summed E-state index contributed by atoms with van der Waals surface area (Å²) in [6.45, 7) is 1.92. The van der Waals surface area contributed by atoms with Gasteiger partial charge in [0.25, 0.3) is 5.91 Å². The van der Waals surface area contributed by atoms with Crippen LogP contribution in [0.1, 0.15) is 28.9 Å². The Kier molecular flexibility index (Phi) is 4.68. The summed E-state index contributed by atoms with van der Waals surface area (Å²) < 4.78 is 0.712. The Morgan fingerprint density at radius 1 is 1.25 bits per heavy atom. The lowest BCUT2D eigenvalue weighted by Gasteiger charge is -2.15. The molecule has 1 amide bonds. The maximum atomic E-state index is 12.2. The van der Waals surface area contributed by atoms with Gasteiger partial charge in [-0.3, -0.25) is 4.79 Å². The molecule has 1 atom stereocenters. The Bertz CT molecular complexity index is 628. The van der Waals surface area contributed by atoms with Crippen molar-refractivity contribution in [2.75, 3.05) is 5.73 Å². The van der Waals surface area contributed by atoms with Gasteiger partial charge < -0.3 is 11.1 Å². The zero-order valence-electron chi connectivity index (χ0n) is 10.9. The van der Waals surface area contributed by atoms with Gasteiger partial charge in [0.1, 0.15) is 0 Å². The van der Waals surface area contributed by atoms with Crippen LogP contribution in [-0.4, -0.2) is 5.91 Å². The van der Waals surface area contributed by atoms with Crippen molar-refractivity contribution in [3.05, 3.63) is 63.1 Å². The molecule has 0 aromatic heterocycles. The van der Waals surface area contributed by atoms with E-state index in [0.29, 0.717) is 20.7 Å². The van der Waals surface area contributed by atoms with E-state index in [9.17, 15) is 4.79 Å². The number of carbonyl (C=O) groups excluding carboxylic acids is 1. The van der Waals surface area contributed by atoms with Gasteiger partial charge in [-0.2, -0.15) is 0 Å². The third kappa shape index (κ3) is 3.52. The highest BCUT2D eigenvalue weighted by atomic mass is 79.9. The molecule has 0 heterocycles. The first-order chi connectivity index (χ1) is 9.47. The van der Waals surface area contributed by atoms with Gasteiger partial charge in [-0.05, 0) is 58.7 Å². The van der Waals surface area contributed by atoms with Crippen molar-refractivity contribution in [1.29, 1.82) is 0 Å². The molecule has 0 spiro atoms. The molecule has 2 rings (SSSR count). The summed E-state index contributed by atoms with van der Waals surface area (Å²) in [6.07, 6.45) is 0. The third-order valence-electron chi connectivity index (χ3n) is 2.96. The lowest BCUT2D eigenvalue weighted by atomic mass is 10.1. The minimum Gasteiger partial charge on any atom is -0.399 e. The summed E-state index contributed by atoms with van der Waals surface area (Å²) in [4.78, 5) is 12.2. The second-order valence-electron chi connectivity index (χ2n) is 4.49. The third-order valence-corrected chi connectivity index (χ3v) is 3.88. The molecule has 104 valence electrons. The fourth-order valence-electron chi connectivity index (χ4n) is 1.81. The van der Waals surface area contributed by atoms with Crippen LogP contribution >= 0.6 is 27.5 Å². The van der Waals surface area contributed by atoms with Crippen LogP contribution in [-0.2, 0) is 0 Å². The van der Waals surface area contributed by atoms with Crippen molar-refractivity contribution in [2.45, 2.75) is 13.0 Å². The molecule has 1 unspecified atom stereocenters. The molecular formula is C15H14BrClN2O. The molecule has 2 aromatic rings. The van der Waals surface area contributed by atoms with Gasteiger partial charge in [0.05, 0.1) is 11.6 Å². The van der Waals surface area contributed by atoms with E-state index < -0.39 is 0 Å². The first-order valence-electron chi connectivity index (χ1n) is 6.08. The van der Waals surface area contributed by atoms with Crippen molar-refractivity contribution >= 4 is 39.1 Å². The highest BCUT2D eigenvalue weighted by molar-refractivity contribution is 9.10. The first-order valence-corrected chi connectivity index (χ1v) is 7.26. The molecule has 0 radical (unpaired) electrons. The van der Waals surface area contributed by atoms with E-state index in [1.807, 2.05) is 31.2 Å². The lowest BCUT2D eigenvalue weighted by molar-refractivity contribution is 0.0939. The fourth-order valence-corrected chi connectivity index (χ4v) is 2.41. The van der Waals surface area contributed by atoms with E-state index in [0.717, 1.165) is 5.56 Å². The molecule has 0 fully saturated rings. The number of amides is 1. The number of nitrogens with two attached hydrogens (primary N) is 1. The van der Waals surface area contributed by atoms with Crippen LogP contribution in [0.25, 0.3) is 0 Å². The minimum absolute atomic E-state index is 0.117. The molecule has 0 aliphatic heterocycles. The smallest absolute Gasteiger partial charge is 0.252 e. The molecule has 0 aliphatic rings. The maximum Gasteiger partial charge on any atom is 0.252 e. The SMILES string of the molecule is CC(NC(=O)c1cc(Cl)ccc1Br)c1ccc(N)cc1. The average Bonchev–Trinajstić information content (AvgIpc) is 2.42. The van der Waals surface area contributed by atoms with E-state index in [1.54, 1.807) is 18.2 Å². The summed E-state index contributed by atoms with van der Waals surface area (Å²) in [5.74, 6) is -0.177. The number of carbonyl (C=O) groups is 1. The largest absolute Gasteiger partial charge is 0.399 e. The molecular weight excluding hydrogens is 340 g/mol. The standard InChI is InChI=1S/C15H14BrClN2O/c1-9(10-2-5-12(18)6-3-10)19-15(20)13-8-11(17)4-7-14(13)16/h2-9H,18H2,1H3,(H,19,20). The number of nitrogens with one attached hydrogen (secondary N) is 1. The summed E-state index contributed by atoms with van der Waals surface area (Å²) in [7, 11) is 0. The number of nitrogen functional groups attached to an aromatic ring is 1. The van der Waals surface area contributed by atoms with Crippen LogP contribution < -0.4 is 11.1 Å². The lowest BCUT2D eigenvalue weighted by Crippen LogP contribution is -2.26. The number of benzene rings is 2. The zero-order valence-corrected chi connectivity index (χ0v) is 13.2. The molecule has 3 nitrogen and oxygen atoms in total. The van der Waals surface area contributed by atoms with Gasteiger partial charge in [-0.1, -0.05) is 23.7 Å². The van der Waals surface area contributed by atoms with Crippen LogP contribution in [0.5, 0.6) is 0 Å². The van der Waals surface area contributed by atoms with E-state index in [4.69, 9.17) is 17.3 Å². The van der Waals surface area contributed by atoms with E-state index in [2.05, 4.69) is 21.2 Å². The molecule has 20 heavy (non-hydrogen) atoms. The normalized spacial score (nSPS) is 11.9. The van der Waals surface area contributed by atoms with Gasteiger partial charge >= 0.3 is 0 Å². The monoisotopic (exact) mass is 352 g/mol. The molecule has 3 N–H and O–H groups in total. The Morgan fingerprint density at radius 2 is 1.90 bits per heavy atom. The minimum atomic E-state index is -0.177. The molecule has 0 aliphatic carbocycles. The zero-order chi connectivity index (χ0) is 14.7. The van der Waals surface area contributed by atoms with Crippen LogP contribution in [0.2, 0.25) is 5.02 Å². The van der Waals surface area contributed by atoms with E-state index >= 15 is 0 Å². The maximum absolute atomic E-state index is 12.2. The number of anilines is 1. The van der Waals surface area contributed by atoms with Gasteiger partial charge in [-0.15, -0.1) is 0 Å². The molecule has 5 heteroatoms. The van der Waals surface area contributed by atoms with Crippen molar-refractivity contribution in [2.24, 2.45) is 0 Å². The Balaban J connectivity index is 2.15. The fraction of sp³-hybridized carbons (Fsp3) is 0.133. The summed E-state index contributed by atoms with van der Waals surface area (Å²) >= 11 is 9.27. The second-order valence-corrected chi connectivity index (χ2v) is 5.78. The van der Waals surface area contributed by atoms with E-state index in [-0.39, 0.29) is 11.9 Å². The Morgan fingerprint density at radius 3 is 2.55 bits per heavy atom. The number of hydrogen-bond donors (Lipinski definition) is 2. The van der Waals surface area contributed by atoms with Gasteiger partial charge in [-0.25, -0.2) is 0 Å². The number of rotatable bonds is 3. The van der Waals surface area contributed by atoms with Crippen molar-refractivity contribution < 1.29 is 4.79 Å². The average molecular weight is 354 g/mol. The van der Waals surface area contributed by atoms with Gasteiger partial charge in [0, 0.05) is 15.2 Å². The molecule has 0 saturated carbocycles. The predicted octanol–water partition coefficient (Wildman–Crippen LogP) is 4.18. The van der Waals surface area contributed by atoms with E-state index in [1.165, 1.54) is 0 Å².